The summed E-state index contributed by atoms with van der Waals surface area (Å²) in [7, 11) is 0. The van der Waals surface area contributed by atoms with Crippen LogP contribution in [0.4, 0.5) is 4.79 Å². The molecule has 1 aliphatic carbocycles. The molecule has 0 radical (unpaired) electrons. The van der Waals surface area contributed by atoms with Crippen LogP contribution < -0.4 is 11.1 Å². The number of carbonyl (C=O) groups is 2. The van der Waals surface area contributed by atoms with Crippen LogP contribution in [0.2, 0.25) is 0 Å². The first-order valence-electron chi connectivity index (χ1n) is 9.55. The van der Waals surface area contributed by atoms with Crippen LogP contribution in [0.5, 0.6) is 0 Å². The fourth-order valence-corrected chi connectivity index (χ4v) is 3.67. The molecule has 0 spiro atoms. The van der Waals surface area contributed by atoms with Gasteiger partial charge in [0.15, 0.2) is 0 Å². The molecule has 3 unspecified atom stereocenters. The van der Waals surface area contributed by atoms with Gasteiger partial charge in [-0.2, -0.15) is 0 Å². The van der Waals surface area contributed by atoms with E-state index in [4.69, 9.17) is 5.73 Å². The van der Waals surface area contributed by atoms with E-state index in [-0.39, 0.29) is 23.9 Å². The van der Waals surface area contributed by atoms with E-state index in [0.717, 1.165) is 19.3 Å². The molecule has 6 heteroatoms. The Morgan fingerprint density at radius 2 is 1.88 bits per heavy atom. The number of nitrogens with zero attached hydrogens (tertiary/aromatic N) is 2. The number of carbonyl (C=O) groups excluding carboxylic acids is 2. The van der Waals surface area contributed by atoms with Crippen molar-refractivity contribution in [3.05, 3.63) is 0 Å². The van der Waals surface area contributed by atoms with Gasteiger partial charge in [0.25, 0.3) is 0 Å². The van der Waals surface area contributed by atoms with Gasteiger partial charge >= 0.3 is 6.03 Å². The van der Waals surface area contributed by atoms with Gasteiger partial charge < -0.3 is 20.9 Å². The molecular formula is C18H34N4O2. The second-order valence-electron chi connectivity index (χ2n) is 7.52. The highest BCUT2D eigenvalue weighted by molar-refractivity contribution is 5.82. The van der Waals surface area contributed by atoms with Crippen molar-refractivity contribution < 1.29 is 9.59 Å². The Hall–Kier alpha value is -1.30. The van der Waals surface area contributed by atoms with Crippen LogP contribution in [0.25, 0.3) is 0 Å². The lowest BCUT2D eigenvalue weighted by Crippen LogP contribution is -2.61. The van der Waals surface area contributed by atoms with E-state index in [1.54, 1.807) is 0 Å². The molecule has 2 aliphatic rings. The van der Waals surface area contributed by atoms with Crippen molar-refractivity contribution in [1.29, 1.82) is 0 Å². The highest BCUT2D eigenvalue weighted by Crippen LogP contribution is 2.19. The fraction of sp³-hybridized carbons (Fsp3) is 0.889. The SMILES string of the molecule is CCC(C)C(N)C(=O)N1CCN(C(=O)NC2CCCCC2)C(C)C1. The fourth-order valence-electron chi connectivity index (χ4n) is 3.67. The predicted octanol–water partition coefficient (Wildman–Crippen LogP) is 1.93. The molecule has 1 aliphatic heterocycles. The Kier molecular flexibility index (Phi) is 6.90. The highest BCUT2D eigenvalue weighted by Gasteiger charge is 2.33. The molecule has 3 atom stereocenters. The third-order valence-corrected chi connectivity index (χ3v) is 5.67. The maximum absolute atomic E-state index is 12.5. The molecule has 3 amide bonds. The molecule has 138 valence electrons. The summed E-state index contributed by atoms with van der Waals surface area (Å²) >= 11 is 0. The number of nitrogens with two attached hydrogens (primary N) is 1. The van der Waals surface area contributed by atoms with E-state index < -0.39 is 6.04 Å². The average Bonchev–Trinajstić information content (AvgIpc) is 2.60. The van der Waals surface area contributed by atoms with E-state index in [9.17, 15) is 9.59 Å². The van der Waals surface area contributed by atoms with Crippen LogP contribution >= 0.6 is 0 Å². The number of hydrogen-bond donors (Lipinski definition) is 2. The number of rotatable bonds is 4. The molecule has 0 aromatic heterocycles. The van der Waals surface area contributed by atoms with E-state index in [2.05, 4.69) is 5.32 Å². The van der Waals surface area contributed by atoms with E-state index in [1.165, 1.54) is 19.3 Å². The molecule has 6 nitrogen and oxygen atoms in total. The quantitative estimate of drug-likeness (QED) is 0.822. The van der Waals surface area contributed by atoms with Crippen molar-refractivity contribution in [1.82, 2.24) is 15.1 Å². The lowest BCUT2D eigenvalue weighted by molar-refractivity contribution is -0.136. The lowest BCUT2D eigenvalue weighted by atomic mass is 9.95. The van der Waals surface area contributed by atoms with Crippen LogP contribution in [-0.4, -0.2) is 59.5 Å². The van der Waals surface area contributed by atoms with Gasteiger partial charge in [-0.05, 0) is 25.7 Å². The summed E-state index contributed by atoms with van der Waals surface area (Å²) in [4.78, 5) is 28.7. The first-order valence-corrected chi connectivity index (χ1v) is 9.55. The maximum Gasteiger partial charge on any atom is 0.317 e. The van der Waals surface area contributed by atoms with E-state index >= 15 is 0 Å². The Morgan fingerprint density at radius 1 is 1.21 bits per heavy atom. The summed E-state index contributed by atoms with van der Waals surface area (Å²) in [6.45, 7) is 7.80. The molecule has 0 bridgehead atoms. The van der Waals surface area contributed by atoms with Crippen molar-refractivity contribution >= 4 is 11.9 Å². The van der Waals surface area contributed by atoms with E-state index in [1.807, 2.05) is 30.6 Å². The summed E-state index contributed by atoms with van der Waals surface area (Å²) in [5.41, 5.74) is 6.08. The van der Waals surface area contributed by atoms with Gasteiger partial charge in [-0.15, -0.1) is 0 Å². The first-order chi connectivity index (χ1) is 11.4. The zero-order chi connectivity index (χ0) is 17.7. The Labute approximate surface area is 146 Å². The van der Waals surface area contributed by atoms with Gasteiger partial charge in [0.2, 0.25) is 5.91 Å². The highest BCUT2D eigenvalue weighted by atomic mass is 16.2. The topological polar surface area (TPSA) is 78.7 Å². The standard InChI is InChI=1S/C18H34N4O2/c1-4-13(2)16(19)17(23)21-10-11-22(14(3)12-21)18(24)20-15-8-6-5-7-9-15/h13-16H,4-12,19H2,1-3H3,(H,20,24). The summed E-state index contributed by atoms with van der Waals surface area (Å²) < 4.78 is 0. The molecule has 1 saturated carbocycles. The van der Waals surface area contributed by atoms with Gasteiger partial charge in [-0.1, -0.05) is 39.5 Å². The third kappa shape index (κ3) is 4.62. The van der Waals surface area contributed by atoms with Gasteiger partial charge in [-0.25, -0.2) is 4.79 Å². The number of hydrogen-bond acceptors (Lipinski definition) is 3. The van der Waals surface area contributed by atoms with E-state index in [0.29, 0.717) is 25.7 Å². The maximum atomic E-state index is 12.5. The van der Waals surface area contributed by atoms with Crippen LogP contribution in [0, 0.1) is 5.92 Å². The molecule has 1 saturated heterocycles. The van der Waals surface area contributed by atoms with Crippen molar-refractivity contribution in [2.45, 2.75) is 77.4 Å². The van der Waals surface area contributed by atoms with Crippen LogP contribution in [0.3, 0.4) is 0 Å². The van der Waals surface area contributed by atoms with Crippen molar-refractivity contribution in [3.63, 3.8) is 0 Å². The minimum Gasteiger partial charge on any atom is -0.338 e. The molecule has 0 aromatic carbocycles. The molecular weight excluding hydrogens is 304 g/mol. The van der Waals surface area contributed by atoms with Crippen LogP contribution in [0.15, 0.2) is 0 Å². The van der Waals surface area contributed by atoms with Crippen molar-refractivity contribution in [3.8, 4) is 0 Å². The third-order valence-electron chi connectivity index (χ3n) is 5.67. The molecule has 0 aromatic rings. The first kappa shape index (κ1) is 19.0. The van der Waals surface area contributed by atoms with Gasteiger partial charge in [0.1, 0.15) is 0 Å². The lowest BCUT2D eigenvalue weighted by Gasteiger charge is -2.41. The van der Waals surface area contributed by atoms with Crippen LogP contribution in [-0.2, 0) is 4.79 Å². The Balaban J connectivity index is 1.85. The summed E-state index contributed by atoms with van der Waals surface area (Å²) in [5.74, 6) is 0.198. The van der Waals surface area contributed by atoms with Crippen LogP contribution in [0.1, 0.15) is 59.3 Å². The zero-order valence-corrected chi connectivity index (χ0v) is 15.5. The molecule has 3 N–H and O–H groups in total. The van der Waals surface area contributed by atoms with Gasteiger partial charge in [-0.3, -0.25) is 4.79 Å². The van der Waals surface area contributed by atoms with Crippen molar-refractivity contribution in [2.24, 2.45) is 11.7 Å². The summed E-state index contributed by atoms with van der Waals surface area (Å²) in [6, 6.07) is -0.0788. The monoisotopic (exact) mass is 338 g/mol. The molecule has 1 heterocycles. The smallest absolute Gasteiger partial charge is 0.317 e. The van der Waals surface area contributed by atoms with Gasteiger partial charge in [0, 0.05) is 31.7 Å². The number of piperazine rings is 1. The average molecular weight is 338 g/mol. The molecule has 24 heavy (non-hydrogen) atoms. The Bertz CT molecular complexity index is 437. The predicted molar refractivity (Wildman–Crippen MR) is 95.6 cm³/mol. The number of nitrogens with one attached hydrogen (secondary N) is 1. The summed E-state index contributed by atoms with van der Waals surface area (Å²) in [5, 5.41) is 3.17. The molecule has 2 rings (SSSR count). The Morgan fingerprint density at radius 3 is 2.46 bits per heavy atom. The largest absolute Gasteiger partial charge is 0.338 e. The minimum atomic E-state index is -0.440. The second kappa shape index (κ2) is 8.70. The number of amides is 3. The zero-order valence-electron chi connectivity index (χ0n) is 15.5. The second-order valence-corrected chi connectivity index (χ2v) is 7.52. The number of urea groups is 1. The summed E-state index contributed by atoms with van der Waals surface area (Å²) in [6.07, 6.45) is 6.75. The normalized spacial score (nSPS) is 25.2. The molecule has 2 fully saturated rings. The van der Waals surface area contributed by atoms with Gasteiger partial charge in [0.05, 0.1) is 6.04 Å². The minimum absolute atomic E-state index is 0.0172. The van der Waals surface area contributed by atoms with Crippen molar-refractivity contribution in [2.75, 3.05) is 19.6 Å².